The third-order valence-electron chi connectivity index (χ3n) is 10.5. The van der Waals surface area contributed by atoms with Crippen molar-refractivity contribution in [2.75, 3.05) is 6.61 Å². The Labute approximate surface area is 175 Å². The molecule has 0 radical (unpaired) electrons. The van der Waals surface area contributed by atoms with Crippen LogP contribution in [0.2, 0.25) is 0 Å². The largest absolute Gasteiger partial charge is 0.481 e. The molecule has 4 saturated carbocycles. The van der Waals surface area contributed by atoms with Crippen LogP contribution < -0.4 is 0 Å². The smallest absolute Gasteiger partial charge is 0.303 e. The van der Waals surface area contributed by atoms with E-state index in [9.17, 15) is 14.7 Å². The van der Waals surface area contributed by atoms with Crippen LogP contribution in [0.5, 0.6) is 0 Å². The Bertz CT molecular complexity index is 659. The molecule has 4 nitrogen and oxygen atoms in total. The lowest BCUT2D eigenvalue weighted by Gasteiger charge is -2.62. The van der Waals surface area contributed by atoms with E-state index in [1.807, 2.05) is 0 Å². The molecule has 4 aliphatic carbocycles. The van der Waals surface area contributed by atoms with Crippen LogP contribution in [-0.4, -0.2) is 28.6 Å². The van der Waals surface area contributed by atoms with Crippen molar-refractivity contribution in [3.05, 3.63) is 0 Å². The summed E-state index contributed by atoms with van der Waals surface area (Å²) >= 11 is 0. The average Bonchev–Trinajstić information content (AvgIpc) is 3.03. The van der Waals surface area contributed by atoms with Crippen LogP contribution in [-0.2, 0) is 9.59 Å². The van der Waals surface area contributed by atoms with Gasteiger partial charge in [-0.1, -0.05) is 20.8 Å². The molecule has 0 bridgehead atoms. The molecular formula is C25H40O4. The maximum Gasteiger partial charge on any atom is 0.303 e. The molecule has 2 N–H and O–H groups in total. The fourth-order valence-electron chi connectivity index (χ4n) is 8.93. The third kappa shape index (κ3) is 3.38. The summed E-state index contributed by atoms with van der Waals surface area (Å²) < 4.78 is 0. The van der Waals surface area contributed by atoms with Crippen molar-refractivity contribution >= 4 is 11.8 Å². The molecule has 4 heteroatoms. The van der Waals surface area contributed by atoms with Crippen LogP contribution in [0, 0.1) is 52.3 Å². The van der Waals surface area contributed by atoms with E-state index in [0.29, 0.717) is 47.2 Å². The monoisotopic (exact) mass is 404 g/mol. The second-order valence-corrected chi connectivity index (χ2v) is 11.6. The standard InChI is InChI=1S/C25H40O4/c1-15(4-7-22(28)29)19-5-6-20-23-16(14-26)12-17-13-18(27)8-10-24(17,2)21(23)9-11-25(19,20)3/h15-17,19-21,23,26H,4-14H2,1-3H3,(H,28,29)/t15-,16?,17-,19-,20?,21?,23+,24+,25-/m1/s1. The number of aliphatic hydroxyl groups excluding tert-OH is 1. The van der Waals surface area contributed by atoms with Gasteiger partial charge in [0.05, 0.1) is 0 Å². The number of carbonyl (C=O) groups is 2. The number of hydrogen-bond donors (Lipinski definition) is 2. The fraction of sp³-hybridized carbons (Fsp3) is 0.920. The zero-order valence-corrected chi connectivity index (χ0v) is 18.5. The Morgan fingerprint density at radius 1 is 1.14 bits per heavy atom. The molecule has 3 unspecified atom stereocenters. The summed E-state index contributed by atoms with van der Waals surface area (Å²) in [5.74, 6) is 3.44. The zero-order chi connectivity index (χ0) is 21.0. The van der Waals surface area contributed by atoms with Gasteiger partial charge in [0.25, 0.3) is 0 Å². The van der Waals surface area contributed by atoms with Gasteiger partial charge in [-0.2, -0.15) is 0 Å². The van der Waals surface area contributed by atoms with Crippen LogP contribution in [0.1, 0.15) is 85.0 Å². The molecule has 0 aromatic carbocycles. The molecule has 0 saturated heterocycles. The third-order valence-corrected chi connectivity index (χ3v) is 10.5. The minimum Gasteiger partial charge on any atom is -0.481 e. The predicted octanol–water partition coefficient (Wildman–Crippen LogP) is 4.93. The highest BCUT2D eigenvalue weighted by Crippen LogP contribution is 2.69. The van der Waals surface area contributed by atoms with Crippen molar-refractivity contribution in [3.63, 3.8) is 0 Å². The lowest BCUT2D eigenvalue weighted by atomic mass is 9.42. The molecule has 0 amide bonds. The van der Waals surface area contributed by atoms with Crippen LogP contribution in [0.15, 0.2) is 0 Å². The van der Waals surface area contributed by atoms with Gasteiger partial charge < -0.3 is 10.2 Å². The van der Waals surface area contributed by atoms with Gasteiger partial charge in [-0.15, -0.1) is 0 Å². The van der Waals surface area contributed by atoms with Gasteiger partial charge in [0.1, 0.15) is 5.78 Å². The SMILES string of the molecule is C[C@H](CCC(=O)O)[C@H]1CCC2[C@@H]3C(CO)C[C@@H]4CC(=O)CC[C@]4(C)C3CC[C@@]21C. The van der Waals surface area contributed by atoms with Crippen molar-refractivity contribution in [1.29, 1.82) is 0 Å². The van der Waals surface area contributed by atoms with E-state index in [2.05, 4.69) is 20.8 Å². The van der Waals surface area contributed by atoms with Crippen LogP contribution >= 0.6 is 0 Å². The van der Waals surface area contributed by atoms with Gasteiger partial charge in [-0.05, 0) is 97.2 Å². The molecular weight excluding hydrogens is 364 g/mol. The molecule has 0 spiro atoms. The van der Waals surface area contributed by atoms with E-state index in [1.165, 1.54) is 25.7 Å². The molecule has 164 valence electrons. The number of Topliss-reactive ketones (excluding diaryl/α,β-unsaturated/α-hetero) is 1. The summed E-state index contributed by atoms with van der Waals surface area (Å²) in [4.78, 5) is 23.3. The summed E-state index contributed by atoms with van der Waals surface area (Å²) in [7, 11) is 0. The number of aliphatic hydroxyl groups is 1. The molecule has 4 rings (SSSR count). The molecule has 0 heterocycles. The Morgan fingerprint density at radius 2 is 1.86 bits per heavy atom. The lowest BCUT2D eigenvalue weighted by Crippen LogP contribution is -2.57. The number of carboxylic acid groups (broad SMARTS) is 1. The van der Waals surface area contributed by atoms with Gasteiger partial charge in [-0.25, -0.2) is 0 Å². The second kappa shape index (κ2) is 7.66. The summed E-state index contributed by atoms with van der Waals surface area (Å²) in [6, 6.07) is 0. The summed E-state index contributed by atoms with van der Waals surface area (Å²) in [5, 5.41) is 19.5. The van der Waals surface area contributed by atoms with Gasteiger partial charge in [0.2, 0.25) is 0 Å². The first-order chi connectivity index (χ1) is 13.7. The van der Waals surface area contributed by atoms with E-state index < -0.39 is 5.97 Å². The second-order valence-electron chi connectivity index (χ2n) is 11.6. The predicted molar refractivity (Wildman–Crippen MR) is 112 cm³/mol. The Morgan fingerprint density at radius 3 is 2.55 bits per heavy atom. The van der Waals surface area contributed by atoms with Gasteiger partial charge >= 0.3 is 5.97 Å². The van der Waals surface area contributed by atoms with Crippen LogP contribution in [0.3, 0.4) is 0 Å². The quantitative estimate of drug-likeness (QED) is 0.681. The highest BCUT2D eigenvalue weighted by molar-refractivity contribution is 5.79. The zero-order valence-electron chi connectivity index (χ0n) is 18.5. The van der Waals surface area contributed by atoms with E-state index >= 15 is 0 Å². The van der Waals surface area contributed by atoms with Crippen LogP contribution in [0.4, 0.5) is 0 Å². The van der Waals surface area contributed by atoms with Gasteiger partial charge in [0.15, 0.2) is 0 Å². The minimum absolute atomic E-state index is 0.258. The topological polar surface area (TPSA) is 74.6 Å². The number of carbonyl (C=O) groups excluding carboxylic acids is 1. The molecule has 0 aromatic rings. The number of fused-ring (bicyclic) bond motifs is 5. The van der Waals surface area contributed by atoms with Gasteiger partial charge in [-0.3, -0.25) is 9.59 Å². The number of rotatable bonds is 5. The first-order valence-electron chi connectivity index (χ1n) is 12.0. The number of ketones is 1. The number of hydrogen-bond acceptors (Lipinski definition) is 3. The number of carboxylic acids is 1. The maximum absolute atomic E-state index is 12.2. The Hall–Kier alpha value is -0.900. The maximum atomic E-state index is 12.2. The first-order valence-corrected chi connectivity index (χ1v) is 12.0. The van der Waals surface area contributed by atoms with Crippen molar-refractivity contribution in [2.45, 2.75) is 85.0 Å². The van der Waals surface area contributed by atoms with Gasteiger partial charge in [0, 0.05) is 25.9 Å². The van der Waals surface area contributed by atoms with Crippen molar-refractivity contribution in [1.82, 2.24) is 0 Å². The molecule has 0 aromatic heterocycles. The van der Waals surface area contributed by atoms with Crippen molar-refractivity contribution in [2.24, 2.45) is 52.3 Å². The molecule has 0 aliphatic heterocycles. The molecule has 4 aliphatic rings. The highest BCUT2D eigenvalue weighted by Gasteiger charge is 2.62. The van der Waals surface area contributed by atoms with Crippen molar-refractivity contribution < 1.29 is 19.8 Å². The molecule has 9 atom stereocenters. The molecule has 29 heavy (non-hydrogen) atoms. The first kappa shape index (κ1) is 21.3. The minimum atomic E-state index is -0.682. The summed E-state index contributed by atoms with van der Waals surface area (Å²) in [5.41, 5.74) is 0.540. The summed E-state index contributed by atoms with van der Waals surface area (Å²) in [6.45, 7) is 7.46. The fourth-order valence-corrected chi connectivity index (χ4v) is 8.93. The van der Waals surface area contributed by atoms with Crippen molar-refractivity contribution in [3.8, 4) is 0 Å². The molecule has 4 fully saturated rings. The lowest BCUT2D eigenvalue weighted by molar-refractivity contribution is -0.157. The van der Waals surface area contributed by atoms with E-state index in [0.717, 1.165) is 32.1 Å². The van der Waals surface area contributed by atoms with E-state index in [4.69, 9.17) is 5.11 Å². The van der Waals surface area contributed by atoms with E-state index in [1.54, 1.807) is 0 Å². The van der Waals surface area contributed by atoms with E-state index in [-0.39, 0.29) is 23.9 Å². The summed E-state index contributed by atoms with van der Waals surface area (Å²) in [6.07, 6.45) is 9.48. The van der Waals surface area contributed by atoms with Crippen LogP contribution in [0.25, 0.3) is 0 Å². The number of aliphatic carboxylic acids is 1. The average molecular weight is 405 g/mol. The Kier molecular flexibility index (Phi) is 5.63. The Balaban J connectivity index is 1.59. The normalized spacial score (nSPS) is 47.8. The highest BCUT2D eigenvalue weighted by atomic mass is 16.4.